The van der Waals surface area contributed by atoms with Crippen molar-refractivity contribution < 1.29 is 58.5 Å². The molecule has 9 nitrogen and oxygen atoms in total. The quantitative estimate of drug-likeness (QED) is 0.0606. The molecule has 1 fully saturated rings. The number of unbranched alkanes of at least 4 members (excludes halogenated alkanes) is 3. The zero-order chi connectivity index (χ0) is 29.8. The second-order valence-corrected chi connectivity index (χ2v) is 17.9. The molecule has 0 aromatic rings. The van der Waals surface area contributed by atoms with Crippen molar-refractivity contribution in [3.63, 3.8) is 0 Å². The predicted octanol–water partition coefficient (Wildman–Crippen LogP) is 8.84. The van der Waals surface area contributed by atoms with Crippen molar-refractivity contribution in [3.05, 3.63) is 21.9 Å². The third-order valence-corrected chi connectivity index (χ3v) is 13.8. The van der Waals surface area contributed by atoms with Gasteiger partial charge in [-0.2, -0.15) is 0 Å². The van der Waals surface area contributed by atoms with Crippen LogP contribution in [0.15, 0.2) is 0 Å². The number of rotatable bonds is 16. The first-order valence-corrected chi connectivity index (χ1v) is 21.2. The van der Waals surface area contributed by atoms with Gasteiger partial charge >= 0.3 is 61.6 Å². The molecule has 0 bridgehead atoms. The Hall–Kier alpha value is 1.64. The van der Waals surface area contributed by atoms with Crippen LogP contribution in [0.25, 0.3) is 21.9 Å². The molecule has 1 rings (SSSR count). The first-order valence-electron chi connectivity index (χ1n) is 14.8. The van der Waals surface area contributed by atoms with Gasteiger partial charge in [0.2, 0.25) is 0 Å². The Morgan fingerprint density at radius 3 is 1.07 bits per heavy atom. The standard InChI is InChI=1S/C12H27P.C7H16AsO.2C4H10N2O2.2Co/c1-4-7-10-13(11-8-5-2)12-9-6-3;1-8(9)7-5-3-2-4-6-7;2*1-3(5-7)4(2)6-8;;/h4-12H2,1-3H3;7-9H,2-6H2,1H3;2*3-4,7-8H,1-2H3;;/q;;2*-2;;/p+1. The monoisotopic (exact) mass is 748 g/mol. The van der Waals surface area contributed by atoms with Crippen molar-refractivity contribution >= 4 is 22.9 Å². The van der Waals surface area contributed by atoms with Crippen molar-refractivity contribution in [3.8, 4) is 0 Å². The Morgan fingerprint density at radius 2 is 0.900 bits per heavy atom. The molecule has 0 aromatic carbocycles. The van der Waals surface area contributed by atoms with Crippen LogP contribution in [0.3, 0.4) is 0 Å². The van der Waals surface area contributed by atoms with Gasteiger partial charge in [-0.1, -0.05) is 67.7 Å². The van der Waals surface area contributed by atoms with Crippen molar-refractivity contribution in [2.24, 2.45) is 0 Å². The topological polar surface area (TPSA) is 158 Å². The number of hydrogen-bond donors (Lipinski definition) is 5. The van der Waals surface area contributed by atoms with E-state index in [1.54, 1.807) is 46.2 Å². The van der Waals surface area contributed by atoms with Gasteiger partial charge < -0.3 is 42.7 Å². The van der Waals surface area contributed by atoms with E-state index in [-0.39, 0.29) is 65.6 Å². The van der Waals surface area contributed by atoms with Gasteiger partial charge in [0.25, 0.3) is 0 Å². The first-order chi connectivity index (χ1) is 18.1. The van der Waals surface area contributed by atoms with Gasteiger partial charge in [0.15, 0.2) is 0 Å². The fourth-order valence-corrected chi connectivity index (χ4v) is 9.48. The SMILES string of the molecule is CC([N-]O)C(C)[N-]O.CC([N-]O)C(C)[N-]O.CCCC[PH+](CCCC)CCCC.C[AsH](O)C1CCCCC1.[Co].[Co]. The Bertz CT molecular complexity index is 416. The second-order valence-electron chi connectivity index (χ2n) is 10.5. The average Bonchev–Trinajstić information content (AvgIpc) is 2.96. The van der Waals surface area contributed by atoms with Gasteiger partial charge in [0.05, 0.1) is 18.5 Å². The molecule has 3 radical (unpaired) electrons. The Labute approximate surface area is 274 Å². The third kappa shape index (κ3) is 34.1. The summed E-state index contributed by atoms with van der Waals surface area (Å²) >= 11 is -1.49. The van der Waals surface area contributed by atoms with Crippen LogP contribution >= 0.6 is 7.92 Å². The number of nitrogens with zero attached hydrogens (tertiary/aromatic N) is 4. The molecule has 0 spiro atoms. The van der Waals surface area contributed by atoms with Crippen LogP contribution in [0.2, 0.25) is 10.4 Å². The minimum atomic E-state index is -1.49. The van der Waals surface area contributed by atoms with Gasteiger partial charge in [-0.15, -0.1) is 24.2 Å². The van der Waals surface area contributed by atoms with Crippen LogP contribution in [0.5, 0.6) is 0 Å². The molecular weight excluding hydrogens is 684 g/mol. The molecule has 40 heavy (non-hydrogen) atoms. The molecule has 0 aliphatic heterocycles. The van der Waals surface area contributed by atoms with Gasteiger partial charge in [-0.05, 0) is 19.3 Å². The smallest absolute Gasteiger partial charge is 0 e. The fraction of sp³-hybridized carbons (Fsp3) is 1.00. The Kier molecular flexibility index (Phi) is 49.5. The summed E-state index contributed by atoms with van der Waals surface area (Å²) < 4.78 is 10.1. The van der Waals surface area contributed by atoms with Crippen LogP contribution in [0.4, 0.5) is 0 Å². The van der Waals surface area contributed by atoms with Crippen LogP contribution in [0, 0.1) is 0 Å². The minimum Gasteiger partial charge on any atom is 0 e. The maximum absolute atomic E-state index is 9.34. The molecular formula is C27H64AsCo2N4O5P-3. The van der Waals surface area contributed by atoms with Gasteiger partial charge in [0.1, 0.15) is 0 Å². The zero-order valence-electron chi connectivity index (χ0n) is 26.5. The van der Waals surface area contributed by atoms with Crippen molar-refractivity contribution in [1.29, 1.82) is 0 Å². The Balaban J connectivity index is -0.000000137. The normalized spacial score (nSPS) is 16.6. The summed E-state index contributed by atoms with van der Waals surface area (Å²) in [6.07, 6.45) is 20.2. The second kappa shape index (κ2) is 38.7. The fourth-order valence-electron chi connectivity index (χ4n) is 3.56. The maximum atomic E-state index is 9.34. The van der Waals surface area contributed by atoms with Crippen LogP contribution in [0.1, 0.15) is 119 Å². The molecule has 1 aliphatic rings. The Morgan fingerprint density at radius 1 is 0.625 bits per heavy atom. The number of hydroxylamine groups is 4. The van der Waals surface area contributed by atoms with E-state index in [0.29, 0.717) is 0 Å². The van der Waals surface area contributed by atoms with Crippen molar-refractivity contribution in [1.82, 2.24) is 0 Å². The first kappa shape index (κ1) is 51.2. The number of hydrogen-bond acceptors (Lipinski definition) is 5. The molecule has 0 aromatic heterocycles. The van der Waals surface area contributed by atoms with E-state index in [2.05, 4.69) is 48.4 Å². The van der Waals surface area contributed by atoms with Crippen LogP contribution in [-0.4, -0.2) is 82.6 Å². The van der Waals surface area contributed by atoms with E-state index >= 15 is 0 Å². The minimum absolute atomic E-state index is 0. The molecule has 13 heteroatoms. The van der Waals surface area contributed by atoms with Crippen molar-refractivity contribution in [2.45, 2.75) is 154 Å². The van der Waals surface area contributed by atoms with Crippen LogP contribution < -0.4 is 0 Å². The molecule has 1 aliphatic carbocycles. The van der Waals surface area contributed by atoms with E-state index in [1.807, 2.05) is 0 Å². The maximum Gasteiger partial charge on any atom is 0 e. The summed E-state index contributed by atoms with van der Waals surface area (Å²) in [7, 11) is 0.0675. The summed E-state index contributed by atoms with van der Waals surface area (Å²) in [4.78, 5) is 0. The largest absolute Gasteiger partial charge is 0 e. The van der Waals surface area contributed by atoms with E-state index in [9.17, 15) is 4.10 Å². The molecule has 5 N–H and O–H groups in total. The van der Waals surface area contributed by atoms with E-state index in [0.717, 1.165) is 4.71 Å². The molecule has 1 saturated carbocycles. The van der Waals surface area contributed by atoms with E-state index in [1.165, 1.54) is 70.6 Å². The van der Waals surface area contributed by atoms with Gasteiger partial charge in [-0.3, -0.25) is 0 Å². The summed E-state index contributed by atoms with van der Waals surface area (Å²) in [6.45, 7) is 13.6. The van der Waals surface area contributed by atoms with Gasteiger partial charge in [0, 0.05) is 41.5 Å². The summed E-state index contributed by atoms with van der Waals surface area (Å²) in [6, 6.07) is -1.28. The van der Waals surface area contributed by atoms with Crippen molar-refractivity contribution in [2.75, 3.05) is 18.5 Å². The zero-order valence-corrected chi connectivity index (χ0v) is 31.7. The summed E-state index contributed by atoms with van der Waals surface area (Å²) in [5.41, 5.74) is 13.7. The summed E-state index contributed by atoms with van der Waals surface area (Å²) in [5, 5.41) is 32.4. The predicted molar refractivity (Wildman–Crippen MR) is 168 cm³/mol. The average molecular weight is 749 g/mol. The van der Waals surface area contributed by atoms with Crippen LogP contribution in [-0.2, 0) is 33.6 Å². The molecule has 5 atom stereocenters. The van der Waals surface area contributed by atoms with Gasteiger partial charge in [-0.25, -0.2) is 0 Å². The molecule has 0 amide bonds. The molecule has 253 valence electrons. The molecule has 5 unspecified atom stereocenters. The van der Waals surface area contributed by atoms with E-state index in [4.69, 9.17) is 20.8 Å². The third-order valence-electron chi connectivity index (χ3n) is 6.97. The molecule has 0 saturated heterocycles. The van der Waals surface area contributed by atoms with E-state index < -0.39 is 15.0 Å². The summed E-state index contributed by atoms with van der Waals surface area (Å²) in [5.74, 6) is 0. The molecule has 0 heterocycles.